The molecule has 1 aliphatic rings. The Morgan fingerprint density at radius 1 is 1.07 bits per heavy atom. The summed E-state index contributed by atoms with van der Waals surface area (Å²) in [4.78, 5) is 24.0. The van der Waals surface area contributed by atoms with Crippen molar-refractivity contribution in [3.05, 3.63) is 59.2 Å². The molecule has 0 aromatic heterocycles. The van der Waals surface area contributed by atoms with Crippen LogP contribution in [0.5, 0.6) is 5.75 Å². The van der Waals surface area contributed by atoms with Crippen molar-refractivity contribution < 1.29 is 19.4 Å². The van der Waals surface area contributed by atoms with Gasteiger partial charge < -0.3 is 20.5 Å². The van der Waals surface area contributed by atoms with Gasteiger partial charge in [-0.25, -0.2) is 0 Å². The van der Waals surface area contributed by atoms with Gasteiger partial charge in [0.25, 0.3) is 0 Å². The minimum atomic E-state index is -0.891. The molecule has 6 nitrogen and oxygen atoms in total. The number of hydrogen-bond donors (Lipinski definition) is 3. The molecular weight excluding hydrogens is 344 g/mol. The Balaban J connectivity index is 1.51. The number of benzene rings is 2. The van der Waals surface area contributed by atoms with Crippen molar-refractivity contribution in [3.8, 4) is 5.75 Å². The van der Waals surface area contributed by atoms with Crippen LogP contribution in [0.4, 0.5) is 5.69 Å². The van der Waals surface area contributed by atoms with E-state index >= 15 is 0 Å². The molecule has 2 amide bonds. The first-order valence-corrected chi connectivity index (χ1v) is 9.07. The number of carbonyl (C=O) groups excluding carboxylic acids is 2. The summed E-state index contributed by atoms with van der Waals surface area (Å²) in [7, 11) is 0. The number of aliphatic hydroxyl groups excluding tert-OH is 1. The van der Waals surface area contributed by atoms with E-state index in [1.165, 1.54) is 0 Å². The average molecular weight is 368 g/mol. The topological polar surface area (TPSA) is 87.7 Å². The standard InChI is InChI=1S/C21H24N2O4/c1-13(2)14-3-6-17(7-4-14)23-21(26)20(25)22-12-18(24)15-5-8-19-16(11-15)9-10-27-19/h3-8,11,13,18,24H,9-10,12H2,1-2H3,(H,22,25)(H,23,26). The molecule has 2 aromatic rings. The summed E-state index contributed by atoms with van der Waals surface area (Å²) in [6, 6.07) is 12.8. The summed E-state index contributed by atoms with van der Waals surface area (Å²) in [5, 5.41) is 15.3. The molecule has 1 aliphatic heterocycles. The Hall–Kier alpha value is -2.86. The number of nitrogens with one attached hydrogen (secondary N) is 2. The molecule has 0 radical (unpaired) electrons. The molecule has 0 bridgehead atoms. The highest BCUT2D eigenvalue weighted by molar-refractivity contribution is 6.39. The van der Waals surface area contributed by atoms with Gasteiger partial charge in [-0.15, -0.1) is 0 Å². The molecule has 142 valence electrons. The predicted molar refractivity (Wildman–Crippen MR) is 103 cm³/mol. The van der Waals surface area contributed by atoms with Crippen LogP contribution in [0.15, 0.2) is 42.5 Å². The number of amides is 2. The zero-order chi connectivity index (χ0) is 19.4. The summed E-state index contributed by atoms with van der Waals surface area (Å²) >= 11 is 0. The van der Waals surface area contributed by atoms with E-state index in [-0.39, 0.29) is 6.54 Å². The van der Waals surface area contributed by atoms with Crippen molar-refractivity contribution in [2.24, 2.45) is 0 Å². The van der Waals surface area contributed by atoms with E-state index in [0.29, 0.717) is 23.8 Å². The van der Waals surface area contributed by atoms with Gasteiger partial charge in [-0.05, 0) is 46.9 Å². The third-order valence-corrected chi connectivity index (χ3v) is 4.60. The lowest BCUT2D eigenvalue weighted by Crippen LogP contribution is -2.37. The molecule has 1 unspecified atom stereocenters. The van der Waals surface area contributed by atoms with Crippen LogP contribution in [0, 0.1) is 0 Å². The van der Waals surface area contributed by atoms with Gasteiger partial charge in [-0.3, -0.25) is 9.59 Å². The van der Waals surface area contributed by atoms with Gasteiger partial charge in [0, 0.05) is 18.7 Å². The van der Waals surface area contributed by atoms with E-state index in [9.17, 15) is 14.7 Å². The van der Waals surface area contributed by atoms with Gasteiger partial charge in [0.1, 0.15) is 5.75 Å². The van der Waals surface area contributed by atoms with Gasteiger partial charge in [-0.2, -0.15) is 0 Å². The van der Waals surface area contributed by atoms with Crippen LogP contribution >= 0.6 is 0 Å². The summed E-state index contributed by atoms with van der Waals surface area (Å²) in [6.07, 6.45) is -0.0850. The maximum Gasteiger partial charge on any atom is 0.313 e. The minimum absolute atomic E-state index is 0.0435. The van der Waals surface area contributed by atoms with E-state index < -0.39 is 17.9 Å². The van der Waals surface area contributed by atoms with E-state index in [2.05, 4.69) is 24.5 Å². The molecule has 2 aromatic carbocycles. The van der Waals surface area contributed by atoms with E-state index in [1.807, 2.05) is 24.3 Å². The quantitative estimate of drug-likeness (QED) is 0.708. The molecule has 1 heterocycles. The molecule has 0 saturated carbocycles. The van der Waals surface area contributed by atoms with Gasteiger partial charge in [0.05, 0.1) is 12.7 Å². The normalized spacial score (nSPS) is 13.6. The SMILES string of the molecule is CC(C)c1ccc(NC(=O)C(=O)NCC(O)c2ccc3c(c2)CCO3)cc1. The van der Waals surface area contributed by atoms with Crippen LogP contribution in [0.3, 0.4) is 0 Å². The highest BCUT2D eigenvalue weighted by Gasteiger charge is 2.18. The number of rotatable bonds is 5. The maximum absolute atomic E-state index is 12.0. The molecule has 0 fully saturated rings. The fourth-order valence-corrected chi connectivity index (χ4v) is 2.94. The van der Waals surface area contributed by atoms with Crippen LogP contribution in [-0.4, -0.2) is 30.1 Å². The first kappa shape index (κ1) is 18.9. The first-order chi connectivity index (χ1) is 12.9. The molecule has 27 heavy (non-hydrogen) atoms. The zero-order valence-electron chi connectivity index (χ0n) is 15.5. The number of carbonyl (C=O) groups is 2. The highest BCUT2D eigenvalue weighted by atomic mass is 16.5. The molecule has 6 heteroatoms. The third kappa shape index (κ3) is 4.65. The Labute approximate surface area is 158 Å². The van der Waals surface area contributed by atoms with Crippen molar-refractivity contribution in [2.45, 2.75) is 32.3 Å². The Morgan fingerprint density at radius 2 is 1.78 bits per heavy atom. The summed E-state index contributed by atoms with van der Waals surface area (Å²) in [6.45, 7) is 4.77. The molecule has 3 rings (SSSR count). The smallest absolute Gasteiger partial charge is 0.313 e. The van der Waals surface area contributed by atoms with Crippen LogP contribution < -0.4 is 15.4 Å². The van der Waals surface area contributed by atoms with Crippen molar-refractivity contribution >= 4 is 17.5 Å². The van der Waals surface area contributed by atoms with Crippen molar-refractivity contribution in [3.63, 3.8) is 0 Å². The average Bonchev–Trinajstić information content (AvgIpc) is 3.13. The largest absolute Gasteiger partial charge is 0.493 e. The zero-order valence-corrected chi connectivity index (χ0v) is 15.5. The van der Waals surface area contributed by atoms with Crippen LogP contribution in [0.2, 0.25) is 0 Å². The van der Waals surface area contributed by atoms with Crippen molar-refractivity contribution in [1.29, 1.82) is 0 Å². The number of anilines is 1. The number of ether oxygens (including phenoxy) is 1. The Kier molecular flexibility index (Phi) is 5.76. The lowest BCUT2D eigenvalue weighted by molar-refractivity contribution is -0.136. The lowest BCUT2D eigenvalue weighted by Gasteiger charge is -2.13. The number of fused-ring (bicyclic) bond motifs is 1. The Morgan fingerprint density at radius 3 is 2.48 bits per heavy atom. The first-order valence-electron chi connectivity index (χ1n) is 9.07. The van der Waals surface area contributed by atoms with Gasteiger partial charge in [0.2, 0.25) is 0 Å². The molecule has 0 spiro atoms. The summed E-state index contributed by atoms with van der Waals surface area (Å²) < 4.78 is 5.44. The second kappa shape index (κ2) is 8.22. The third-order valence-electron chi connectivity index (χ3n) is 4.60. The van der Waals surface area contributed by atoms with Gasteiger partial charge in [-0.1, -0.05) is 32.0 Å². The van der Waals surface area contributed by atoms with Crippen molar-refractivity contribution in [1.82, 2.24) is 5.32 Å². The summed E-state index contributed by atoms with van der Waals surface area (Å²) in [5.74, 6) is -0.323. The monoisotopic (exact) mass is 368 g/mol. The predicted octanol–water partition coefficient (Wildman–Crippen LogP) is 2.53. The van der Waals surface area contributed by atoms with Crippen molar-refractivity contribution in [2.75, 3.05) is 18.5 Å². The van der Waals surface area contributed by atoms with Gasteiger partial charge >= 0.3 is 11.8 Å². The van der Waals surface area contributed by atoms with Crippen LogP contribution in [0.25, 0.3) is 0 Å². The lowest BCUT2D eigenvalue weighted by atomic mass is 10.0. The highest BCUT2D eigenvalue weighted by Crippen LogP contribution is 2.28. The fourth-order valence-electron chi connectivity index (χ4n) is 2.94. The summed E-state index contributed by atoms with van der Waals surface area (Å²) in [5.41, 5.74) is 3.43. The second-order valence-corrected chi connectivity index (χ2v) is 6.92. The van der Waals surface area contributed by atoms with E-state index in [4.69, 9.17) is 4.74 Å². The molecular formula is C21H24N2O4. The molecule has 3 N–H and O–H groups in total. The van der Waals surface area contributed by atoms with Crippen LogP contribution in [0.1, 0.15) is 42.6 Å². The molecule has 0 saturated heterocycles. The Bertz CT molecular complexity index is 831. The van der Waals surface area contributed by atoms with Gasteiger partial charge in [0.15, 0.2) is 0 Å². The number of aliphatic hydroxyl groups is 1. The maximum atomic E-state index is 12.0. The molecule has 0 aliphatic carbocycles. The van der Waals surface area contributed by atoms with Crippen LogP contribution in [-0.2, 0) is 16.0 Å². The second-order valence-electron chi connectivity index (χ2n) is 6.92. The van der Waals surface area contributed by atoms with E-state index in [1.54, 1.807) is 18.2 Å². The molecule has 1 atom stereocenters. The van der Waals surface area contributed by atoms with E-state index in [0.717, 1.165) is 23.3 Å². The minimum Gasteiger partial charge on any atom is -0.493 e. The number of hydrogen-bond acceptors (Lipinski definition) is 4. The fraction of sp³-hybridized carbons (Fsp3) is 0.333.